The van der Waals surface area contributed by atoms with Gasteiger partial charge >= 0.3 is 11.3 Å². The van der Waals surface area contributed by atoms with Crippen LogP contribution in [-0.4, -0.2) is 18.9 Å². The zero-order valence-electron chi connectivity index (χ0n) is 11.1. The molecule has 19 heavy (non-hydrogen) atoms. The van der Waals surface area contributed by atoms with Crippen molar-refractivity contribution >= 4 is 0 Å². The van der Waals surface area contributed by atoms with Crippen molar-refractivity contribution in [3.05, 3.63) is 45.9 Å². The van der Waals surface area contributed by atoms with E-state index in [1.54, 1.807) is 18.8 Å². The summed E-state index contributed by atoms with van der Waals surface area (Å²) in [6.07, 6.45) is 0.837. The Morgan fingerprint density at radius 3 is 2.89 bits per heavy atom. The molecule has 0 fully saturated rings. The number of methoxy groups -OCH3 is 1. The van der Waals surface area contributed by atoms with Crippen LogP contribution in [0.2, 0.25) is 0 Å². The first-order valence-corrected chi connectivity index (χ1v) is 6.11. The number of aryl methyl sites for hydroxylation is 1. The molecule has 6 heteroatoms. The molecule has 0 saturated carbocycles. The van der Waals surface area contributed by atoms with Crippen LogP contribution in [0.15, 0.2) is 33.6 Å². The highest BCUT2D eigenvalue weighted by Crippen LogP contribution is 2.17. The number of para-hydroxylation sites is 1. The molecule has 0 radical (unpaired) electrons. The second-order valence-electron chi connectivity index (χ2n) is 4.23. The molecule has 0 bridgehead atoms. The van der Waals surface area contributed by atoms with Crippen molar-refractivity contribution in [3.63, 3.8) is 0 Å². The molecular weight excluding hydrogens is 246 g/mol. The standard InChI is InChI=1S/C13H17N3O3/c1-16-11(13(17)19-15-16)9-14-8-7-10-5-3-4-6-12(10)18-2/h3-6,14H,7-9H2,1-2H3/p+1. The molecule has 1 aromatic carbocycles. The average molecular weight is 264 g/mol. The minimum Gasteiger partial charge on any atom is -0.496 e. The minimum absolute atomic E-state index is 0.340. The molecule has 0 saturated heterocycles. The van der Waals surface area contributed by atoms with Gasteiger partial charge in [0.1, 0.15) is 5.75 Å². The summed E-state index contributed by atoms with van der Waals surface area (Å²) in [4.78, 5) is 11.3. The molecule has 2 aromatic rings. The SMILES string of the molecule is COc1ccccc1CCNCc1c(=O)o[nH][n+]1C. The molecule has 102 valence electrons. The Morgan fingerprint density at radius 1 is 1.42 bits per heavy atom. The van der Waals surface area contributed by atoms with Gasteiger partial charge in [-0.15, -0.1) is 0 Å². The van der Waals surface area contributed by atoms with E-state index in [0.29, 0.717) is 12.2 Å². The number of aromatic amines is 1. The Kier molecular flexibility index (Phi) is 4.35. The zero-order valence-corrected chi connectivity index (χ0v) is 11.1. The summed E-state index contributed by atoms with van der Waals surface area (Å²) in [6.45, 7) is 1.22. The number of hydrogen-bond donors (Lipinski definition) is 2. The van der Waals surface area contributed by atoms with Crippen molar-refractivity contribution in [1.82, 2.24) is 10.6 Å². The summed E-state index contributed by atoms with van der Waals surface area (Å²) >= 11 is 0. The number of benzene rings is 1. The maximum Gasteiger partial charge on any atom is 0.431 e. The van der Waals surface area contributed by atoms with Crippen LogP contribution in [0.25, 0.3) is 0 Å². The van der Waals surface area contributed by atoms with Crippen LogP contribution in [0.4, 0.5) is 0 Å². The van der Waals surface area contributed by atoms with Crippen LogP contribution in [0.1, 0.15) is 11.3 Å². The molecule has 2 rings (SSSR count). The van der Waals surface area contributed by atoms with Crippen LogP contribution in [0.5, 0.6) is 5.75 Å². The quantitative estimate of drug-likeness (QED) is 0.575. The fraction of sp³-hybridized carbons (Fsp3) is 0.385. The lowest BCUT2D eigenvalue weighted by molar-refractivity contribution is -0.746. The van der Waals surface area contributed by atoms with E-state index in [0.717, 1.165) is 24.3 Å². The monoisotopic (exact) mass is 264 g/mol. The molecule has 0 aliphatic heterocycles. The van der Waals surface area contributed by atoms with E-state index in [2.05, 4.69) is 15.1 Å². The molecular formula is C13H18N3O3+. The number of aromatic nitrogens is 2. The first kappa shape index (κ1) is 13.4. The molecule has 0 aliphatic carbocycles. The molecule has 0 amide bonds. The molecule has 1 heterocycles. The summed E-state index contributed by atoms with van der Waals surface area (Å²) in [5.74, 6) is 0.885. The Balaban J connectivity index is 1.86. The van der Waals surface area contributed by atoms with Gasteiger partial charge in [0.15, 0.2) is 7.05 Å². The van der Waals surface area contributed by atoms with Crippen LogP contribution >= 0.6 is 0 Å². The van der Waals surface area contributed by atoms with Crippen molar-refractivity contribution in [1.29, 1.82) is 0 Å². The van der Waals surface area contributed by atoms with Gasteiger partial charge in [-0.05, 0) is 29.9 Å². The molecule has 0 spiro atoms. The number of rotatable bonds is 6. The number of hydrogen-bond acceptors (Lipinski definition) is 4. The van der Waals surface area contributed by atoms with Gasteiger partial charge in [-0.2, -0.15) is 0 Å². The predicted molar refractivity (Wildman–Crippen MR) is 68.9 cm³/mol. The fourth-order valence-electron chi connectivity index (χ4n) is 1.89. The molecule has 2 N–H and O–H groups in total. The molecule has 6 nitrogen and oxygen atoms in total. The second-order valence-corrected chi connectivity index (χ2v) is 4.23. The van der Waals surface area contributed by atoms with Gasteiger partial charge < -0.3 is 10.1 Å². The summed E-state index contributed by atoms with van der Waals surface area (Å²) in [5, 5.41) is 5.70. The number of H-pyrrole nitrogens is 1. The van der Waals surface area contributed by atoms with E-state index >= 15 is 0 Å². The van der Waals surface area contributed by atoms with Gasteiger partial charge in [0.2, 0.25) is 0 Å². The second kappa shape index (κ2) is 6.19. The summed E-state index contributed by atoms with van der Waals surface area (Å²) in [6, 6.07) is 7.90. The summed E-state index contributed by atoms with van der Waals surface area (Å²) < 4.78 is 11.5. The van der Waals surface area contributed by atoms with E-state index in [1.807, 2.05) is 24.3 Å². The summed E-state index contributed by atoms with van der Waals surface area (Å²) in [7, 11) is 3.40. The Bertz CT molecular complexity index is 589. The molecule has 0 aliphatic rings. The maximum atomic E-state index is 11.3. The first-order valence-electron chi connectivity index (χ1n) is 6.11. The van der Waals surface area contributed by atoms with Gasteiger partial charge in [-0.1, -0.05) is 22.9 Å². The number of nitrogens with one attached hydrogen (secondary N) is 2. The topological polar surface area (TPSA) is 71.1 Å². The van der Waals surface area contributed by atoms with E-state index in [1.165, 1.54) is 0 Å². The lowest BCUT2D eigenvalue weighted by atomic mass is 10.1. The minimum atomic E-state index is -0.340. The normalized spacial score (nSPS) is 10.6. The van der Waals surface area contributed by atoms with Crippen molar-refractivity contribution in [2.45, 2.75) is 13.0 Å². The van der Waals surface area contributed by atoms with Gasteiger partial charge in [0.25, 0.3) is 0 Å². The fourth-order valence-corrected chi connectivity index (χ4v) is 1.89. The van der Waals surface area contributed by atoms with Crippen LogP contribution in [0.3, 0.4) is 0 Å². The Hall–Kier alpha value is -2.08. The zero-order chi connectivity index (χ0) is 13.7. The third-order valence-corrected chi connectivity index (χ3v) is 2.97. The number of ether oxygens (including phenoxy) is 1. The lowest BCUT2D eigenvalue weighted by Gasteiger charge is -2.07. The third kappa shape index (κ3) is 3.23. The summed E-state index contributed by atoms with van der Waals surface area (Å²) in [5.41, 5.74) is 1.37. The molecule has 0 unspecified atom stereocenters. The first-order chi connectivity index (χ1) is 9.22. The van der Waals surface area contributed by atoms with E-state index in [9.17, 15) is 4.79 Å². The third-order valence-electron chi connectivity index (χ3n) is 2.97. The average Bonchev–Trinajstić information content (AvgIpc) is 2.75. The van der Waals surface area contributed by atoms with Crippen molar-refractivity contribution in [3.8, 4) is 5.75 Å². The highest BCUT2D eigenvalue weighted by molar-refractivity contribution is 5.33. The Morgan fingerprint density at radius 2 is 2.21 bits per heavy atom. The van der Waals surface area contributed by atoms with Crippen LogP contribution in [0, 0.1) is 0 Å². The number of nitrogens with zero attached hydrogens (tertiary/aromatic N) is 1. The molecule has 1 aromatic heterocycles. The Labute approximate surface area is 111 Å². The van der Waals surface area contributed by atoms with Crippen LogP contribution < -0.4 is 20.4 Å². The van der Waals surface area contributed by atoms with Gasteiger partial charge in [-0.3, -0.25) is 4.52 Å². The smallest absolute Gasteiger partial charge is 0.431 e. The van der Waals surface area contributed by atoms with Crippen molar-refractivity contribution in [2.24, 2.45) is 7.05 Å². The van der Waals surface area contributed by atoms with Gasteiger partial charge in [0.05, 0.1) is 13.7 Å². The van der Waals surface area contributed by atoms with E-state index < -0.39 is 0 Å². The maximum absolute atomic E-state index is 11.3. The van der Waals surface area contributed by atoms with Crippen LogP contribution in [-0.2, 0) is 20.0 Å². The predicted octanol–water partition coefficient (Wildman–Crippen LogP) is 0.133. The molecule has 0 atom stereocenters. The highest BCUT2D eigenvalue weighted by atomic mass is 16.5. The van der Waals surface area contributed by atoms with Crippen molar-refractivity contribution in [2.75, 3.05) is 13.7 Å². The van der Waals surface area contributed by atoms with E-state index in [-0.39, 0.29) is 5.63 Å². The highest BCUT2D eigenvalue weighted by Gasteiger charge is 2.15. The lowest BCUT2D eigenvalue weighted by Crippen LogP contribution is -2.39. The van der Waals surface area contributed by atoms with Gasteiger partial charge in [0, 0.05) is 0 Å². The largest absolute Gasteiger partial charge is 0.496 e. The van der Waals surface area contributed by atoms with Crippen molar-refractivity contribution < 1.29 is 13.9 Å². The van der Waals surface area contributed by atoms with Gasteiger partial charge in [-0.25, -0.2) is 4.79 Å². The van der Waals surface area contributed by atoms with E-state index in [4.69, 9.17) is 4.74 Å².